The Morgan fingerprint density at radius 3 is 2.29 bits per heavy atom. The highest BCUT2D eigenvalue weighted by molar-refractivity contribution is 7.89. The van der Waals surface area contributed by atoms with Gasteiger partial charge in [0.25, 0.3) is 0 Å². The SMILES string of the molecule is COc1ccc(S(=O)(=O)NCCc2ccc(Cl)c(Cl)c2)cc1OC. The number of halogens is 2. The number of ether oxygens (including phenoxy) is 2. The summed E-state index contributed by atoms with van der Waals surface area (Å²) in [7, 11) is -0.713. The molecule has 0 aromatic heterocycles. The summed E-state index contributed by atoms with van der Waals surface area (Å²) in [6, 6.07) is 9.63. The molecular weight excluding hydrogens is 373 g/mol. The molecular formula is C16H17Cl2NO4S. The molecule has 0 bridgehead atoms. The molecule has 0 saturated carbocycles. The lowest BCUT2D eigenvalue weighted by Crippen LogP contribution is -2.26. The van der Waals surface area contributed by atoms with Crippen molar-refractivity contribution in [1.82, 2.24) is 4.72 Å². The van der Waals surface area contributed by atoms with Gasteiger partial charge < -0.3 is 9.47 Å². The third-order valence-electron chi connectivity index (χ3n) is 3.36. The van der Waals surface area contributed by atoms with Gasteiger partial charge in [0.15, 0.2) is 11.5 Å². The highest BCUT2D eigenvalue weighted by Crippen LogP contribution is 2.29. The van der Waals surface area contributed by atoms with E-state index < -0.39 is 10.0 Å². The van der Waals surface area contributed by atoms with Gasteiger partial charge in [-0.25, -0.2) is 13.1 Å². The monoisotopic (exact) mass is 389 g/mol. The molecule has 0 aliphatic rings. The minimum Gasteiger partial charge on any atom is -0.493 e. The molecule has 5 nitrogen and oxygen atoms in total. The van der Waals surface area contributed by atoms with Crippen LogP contribution in [0, 0.1) is 0 Å². The average molecular weight is 390 g/mol. The lowest BCUT2D eigenvalue weighted by Gasteiger charge is -2.11. The van der Waals surface area contributed by atoms with Crippen LogP contribution in [0.2, 0.25) is 10.0 Å². The molecule has 8 heteroatoms. The lowest BCUT2D eigenvalue weighted by molar-refractivity contribution is 0.354. The maximum atomic E-state index is 12.4. The quantitative estimate of drug-likeness (QED) is 0.786. The maximum Gasteiger partial charge on any atom is 0.240 e. The van der Waals surface area contributed by atoms with Gasteiger partial charge in [0.2, 0.25) is 10.0 Å². The second-order valence-corrected chi connectivity index (χ2v) is 7.49. The van der Waals surface area contributed by atoms with Crippen LogP contribution in [0.3, 0.4) is 0 Å². The van der Waals surface area contributed by atoms with Gasteiger partial charge >= 0.3 is 0 Å². The summed E-state index contributed by atoms with van der Waals surface area (Å²) in [4.78, 5) is 0.106. The first-order valence-corrected chi connectivity index (χ1v) is 9.27. The average Bonchev–Trinajstić information content (AvgIpc) is 2.57. The highest BCUT2D eigenvalue weighted by Gasteiger charge is 2.16. The third kappa shape index (κ3) is 4.54. The number of sulfonamides is 1. The van der Waals surface area contributed by atoms with E-state index in [0.717, 1.165) is 5.56 Å². The van der Waals surface area contributed by atoms with Crippen molar-refractivity contribution in [2.75, 3.05) is 20.8 Å². The minimum atomic E-state index is -3.65. The first-order chi connectivity index (χ1) is 11.4. The van der Waals surface area contributed by atoms with Gasteiger partial charge in [-0.05, 0) is 36.2 Å². The van der Waals surface area contributed by atoms with E-state index in [0.29, 0.717) is 28.0 Å². The summed E-state index contributed by atoms with van der Waals surface area (Å²) in [6.07, 6.45) is 0.489. The second kappa shape index (κ2) is 8.07. The van der Waals surface area contributed by atoms with E-state index in [4.69, 9.17) is 32.7 Å². The van der Waals surface area contributed by atoms with Crippen molar-refractivity contribution in [1.29, 1.82) is 0 Å². The molecule has 0 aliphatic heterocycles. The summed E-state index contributed by atoms with van der Waals surface area (Å²) in [5.41, 5.74) is 0.888. The zero-order valence-electron chi connectivity index (χ0n) is 13.2. The number of hydrogen-bond donors (Lipinski definition) is 1. The Morgan fingerprint density at radius 1 is 0.958 bits per heavy atom. The summed E-state index contributed by atoms with van der Waals surface area (Å²) in [5.74, 6) is 0.817. The summed E-state index contributed by atoms with van der Waals surface area (Å²) >= 11 is 11.8. The van der Waals surface area contributed by atoms with E-state index in [9.17, 15) is 8.42 Å². The van der Waals surface area contributed by atoms with Crippen LogP contribution < -0.4 is 14.2 Å². The van der Waals surface area contributed by atoms with Gasteiger partial charge in [0, 0.05) is 12.6 Å². The van der Waals surface area contributed by atoms with Crippen LogP contribution in [-0.2, 0) is 16.4 Å². The number of rotatable bonds is 7. The summed E-state index contributed by atoms with van der Waals surface area (Å²) in [5, 5.41) is 0.906. The first-order valence-electron chi connectivity index (χ1n) is 7.03. The van der Waals surface area contributed by atoms with Crippen molar-refractivity contribution in [3.05, 3.63) is 52.0 Å². The molecule has 0 aliphatic carbocycles. The van der Waals surface area contributed by atoms with E-state index >= 15 is 0 Å². The molecule has 24 heavy (non-hydrogen) atoms. The molecule has 0 radical (unpaired) electrons. The molecule has 2 rings (SSSR count). The van der Waals surface area contributed by atoms with Crippen LogP contribution in [-0.4, -0.2) is 29.2 Å². The van der Waals surface area contributed by atoms with Crippen LogP contribution in [0.15, 0.2) is 41.3 Å². The molecule has 0 heterocycles. The largest absolute Gasteiger partial charge is 0.493 e. The molecule has 0 unspecified atom stereocenters. The predicted octanol–water partition coefficient (Wildman–Crippen LogP) is 3.53. The minimum absolute atomic E-state index is 0.106. The van der Waals surface area contributed by atoms with E-state index in [1.165, 1.54) is 26.4 Å². The van der Waals surface area contributed by atoms with Gasteiger partial charge in [-0.15, -0.1) is 0 Å². The van der Waals surface area contributed by atoms with Gasteiger partial charge in [0.05, 0.1) is 29.2 Å². The van der Waals surface area contributed by atoms with Gasteiger partial charge in [0.1, 0.15) is 0 Å². The molecule has 0 spiro atoms. The van der Waals surface area contributed by atoms with Crippen molar-refractivity contribution < 1.29 is 17.9 Å². The first kappa shape index (κ1) is 18.9. The third-order valence-corrected chi connectivity index (χ3v) is 5.55. The van der Waals surface area contributed by atoms with E-state index in [2.05, 4.69) is 4.72 Å². The smallest absolute Gasteiger partial charge is 0.240 e. The van der Waals surface area contributed by atoms with Crippen LogP contribution in [0.5, 0.6) is 11.5 Å². The van der Waals surface area contributed by atoms with Crippen molar-refractivity contribution in [2.45, 2.75) is 11.3 Å². The molecule has 0 saturated heterocycles. The fourth-order valence-electron chi connectivity index (χ4n) is 2.09. The predicted molar refractivity (Wildman–Crippen MR) is 94.9 cm³/mol. The van der Waals surface area contributed by atoms with Crippen molar-refractivity contribution in [2.24, 2.45) is 0 Å². The highest BCUT2D eigenvalue weighted by atomic mass is 35.5. The van der Waals surface area contributed by atoms with Crippen LogP contribution in [0.1, 0.15) is 5.56 Å². The maximum absolute atomic E-state index is 12.4. The second-order valence-electron chi connectivity index (χ2n) is 4.91. The molecule has 0 fully saturated rings. The number of methoxy groups -OCH3 is 2. The van der Waals surface area contributed by atoms with Crippen LogP contribution in [0.4, 0.5) is 0 Å². The van der Waals surface area contributed by atoms with Crippen LogP contribution in [0.25, 0.3) is 0 Å². The van der Waals surface area contributed by atoms with E-state index in [1.54, 1.807) is 24.3 Å². The Kier molecular flexibility index (Phi) is 6.34. The van der Waals surface area contributed by atoms with Crippen molar-refractivity contribution in [3.8, 4) is 11.5 Å². The van der Waals surface area contributed by atoms with Crippen LogP contribution >= 0.6 is 23.2 Å². The Balaban J connectivity index is 2.07. The van der Waals surface area contributed by atoms with Gasteiger partial charge in [-0.2, -0.15) is 0 Å². The summed E-state index contributed by atoms with van der Waals surface area (Å²) in [6.45, 7) is 0.231. The zero-order valence-corrected chi connectivity index (χ0v) is 15.5. The van der Waals surface area contributed by atoms with Gasteiger partial charge in [-0.3, -0.25) is 0 Å². The van der Waals surface area contributed by atoms with E-state index in [-0.39, 0.29) is 11.4 Å². The van der Waals surface area contributed by atoms with Gasteiger partial charge in [-0.1, -0.05) is 29.3 Å². The fourth-order valence-corrected chi connectivity index (χ4v) is 3.46. The lowest BCUT2D eigenvalue weighted by atomic mass is 10.1. The Bertz CT molecular complexity index is 825. The fraction of sp³-hybridized carbons (Fsp3) is 0.250. The molecule has 0 atom stereocenters. The van der Waals surface area contributed by atoms with Crippen molar-refractivity contribution >= 4 is 33.2 Å². The normalized spacial score (nSPS) is 11.3. The molecule has 0 amide bonds. The Hall–Kier alpha value is -1.47. The number of hydrogen-bond acceptors (Lipinski definition) is 4. The molecule has 130 valence electrons. The zero-order chi connectivity index (χ0) is 17.7. The Morgan fingerprint density at radius 2 is 1.67 bits per heavy atom. The van der Waals surface area contributed by atoms with E-state index in [1.807, 2.05) is 0 Å². The number of benzene rings is 2. The Labute approximate surface area is 151 Å². The topological polar surface area (TPSA) is 64.6 Å². The summed E-state index contributed by atoms with van der Waals surface area (Å²) < 4.78 is 37.5. The molecule has 2 aromatic carbocycles. The molecule has 2 aromatic rings. The molecule has 1 N–H and O–H groups in total. The van der Waals surface area contributed by atoms with Crippen molar-refractivity contribution in [3.63, 3.8) is 0 Å². The number of nitrogens with one attached hydrogen (secondary N) is 1. The standard InChI is InChI=1S/C16H17Cl2NO4S/c1-22-15-6-4-12(10-16(15)23-2)24(20,21)19-8-7-11-3-5-13(17)14(18)9-11/h3-6,9-10,19H,7-8H2,1-2H3.